The average molecular weight is 458 g/mol. The quantitative estimate of drug-likeness (QED) is 0.708. The van der Waals surface area contributed by atoms with Crippen LogP contribution in [0.4, 0.5) is 5.69 Å². The van der Waals surface area contributed by atoms with E-state index in [0.29, 0.717) is 43.0 Å². The van der Waals surface area contributed by atoms with Gasteiger partial charge in [-0.15, -0.1) is 0 Å². The number of hydrogen-bond donors (Lipinski definition) is 2. The summed E-state index contributed by atoms with van der Waals surface area (Å²) in [6.07, 6.45) is 6.51. The number of rotatable bonds is 5. The van der Waals surface area contributed by atoms with Crippen LogP contribution in [-0.2, 0) is 14.3 Å². The minimum absolute atomic E-state index is 0.0229. The molecule has 3 atom stereocenters. The molecule has 180 valence electrons. The third kappa shape index (κ3) is 5.49. The Morgan fingerprint density at radius 1 is 1.12 bits per heavy atom. The number of benzene rings is 1. The average Bonchev–Trinajstić information content (AvgIpc) is 2.82. The number of ether oxygens (including phenoxy) is 2. The molecule has 0 radical (unpaired) electrons. The Morgan fingerprint density at radius 2 is 1.91 bits per heavy atom. The van der Waals surface area contributed by atoms with Gasteiger partial charge in [0.05, 0.1) is 24.1 Å². The van der Waals surface area contributed by atoms with Crippen molar-refractivity contribution in [3.05, 3.63) is 23.8 Å². The van der Waals surface area contributed by atoms with E-state index in [-0.39, 0.29) is 41.9 Å². The molecule has 1 saturated heterocycles. The van der Waals surface area contributed by atoms with E-state index in [0.717, 1.165) is 32.1 Å². The van der Waals surface area contributed by atoms with Crippen LogP contribution in [0.5, 0.6) is 5.75 Å². The minimum atomic E-state index is -0.300. The second-order valence-electron chi connectivity index (χ2n) is 9.36. The van der Waals surface area contributed by atoms with Crippen LogP contribution in [0.15, 0.2) is 18.2 Å². The fourth-order valence-electron chi connectivity index (χ4n) is 5.19. The van der Waals surface area contributed by atoms with Crippen LogP contribution in [0.2, 0.25) is 0 Å². The Labute approximate surface area is 195 Å². The maximum Gasteiger partial charge on any atom is 0.257 e. The van der Waals surface area contributed by atoms with Crippen LogP contribution in [-0.4, -0.2) is 61.1 Å². The molecule has 1 aromatic rings. The topological polar surface area (TPSA) is 97.0 Å². The molecule has 8 nitrogen and oxygen atoms in total. The molecule has 0 unspecified atom stereocenters. The summed E-state index contributed by atoms with van der Waals surface area (Å²) in [4.78, 5) is 39.7. The predicted octanol–water partition coefficient (Wildman–Crippen LogP) is 3.11. The van der Waals surface area contributed by atoms with Gasteiger partial charge in [-0.05, 0) is 50.8 Å². The van der Waals surface area contributed by atoms with Gasteiger partial charge in [0.25, 0.3) is 5.91 Å². The number of nitrogens with zero attached hydrogens (tertiary/aromatic N) is 1. The lowest BCUT2D eigenvalue weighted by atomic mass is 9.88. The van der Waals surface area contributed by atoms with Gasteiger partial charge in [-0.25, -0.2) is 0 Å². The van der Waals surface area contributed by atoms with E-state index in [1.807, 2.05) is 6.92 Å². The number of carbonyl (C=O) groups excluding carboxylic acids is 3. The van der Waals surface area contributed by atoms with E-state index in [2.05, 4.69) is 10.6 Å². The van der Waals surface area contributed by atoms with Crippen LogP contribution in [0.1, 0.15) is 68.6 Å². The van der Waals surface area contributed by atoms with Gasteiger partial charge in [-0.2, -0.15) is 0 Å². The molecule has 8 heteroatoms. The first kappa shape index (κ1) is 23.5. The largest absolute Gasteiger partial charge is 0.490 e. The monoisotopic (exact) mass is 457 g/mol. The number of nitrogens with one attached hydrogen (secondary N) is 2. The smallest absolute Gasteiger partial charge is 0.257 e. The lowest BCUT2D eigenvalue weighted by Gasteiger charge is -2.42. The summed E-state index contributed by atoms with van der Waals surface area (Å²) in [6.45, 7) is 2.79. The Bertz CT molecular complexity index is 883. The minimum Gasteiger partial charge on any atom is -0.490 e. The molecular formula is C25H35N3O5. The molecule has 3 aliphatic rings. The van der Waals surface area contributed by atoms with Crippen molar-refractivity contribution in [3.63, 3.8) is 0 Å². The van der Waals surface area contributed by atoms with E-state index >= 15 is 0 Å². The van der Waals surface area contributed by atoms with Gasteiger partial charge < -0.3 is 25.0 Å². The third-order valence-corrected chi connectivity index (χ3v) is 7.04. The van der Waals surface area contributed by atoms with Crippen LogP contribution in [0.25, 0.3) is 0 Å². The number of likely N-dealkylation sites (N-methyl/N-ethyl adjacent to an activating group) is 1. The zero-order valence-electron chi connectivity index (χ0n) is 19.6. The third-order valence-electron chi connectivity index (χ3n) is 7.04. The Balaban J connectivity index is 1.46. The van der Waals surface area contributed by atoms with Crippen molar-refractivity contribution in [3.8, 4) is 5.75 Å². The maximum absolute atomic E-state index is 13.3. The molecular weight excluding hydrogens is 422 g/mol. The van der Waals surface area contributed by atoms with Gasteiger partial charge in [0.1, 0.15) is 18.5 Å². The Kier molecular flexibility index (Phi) is 7.53. The molecule has 4 rings (SSSR count). The standard InChI is InChI=1S/C25H35N3O5/c1-3-26-23(29)14-18-10-11-20-22(33-18)15-32-21-12-9-17(13-19(21)25(31)28(20)2)27-24(30)16-7-5-4-6-8-16/h9,12-13,16,18,20,22H,3-8,10-11,14-15H2,1-2H3,(H,26,29)(H,27,30)/t18-,20+,22-/m1/s1. The summed E-state index contributed by atoms with van der Waals surface area (Å²) < 4.78 is 12.2. The molecule has 2 aliphatic heterocycles. The summed E-state index contributed by atoms with van der Waals surface area (Å²) in [7, 11) is 1.79. The summed E-state index contributed by atoms with van der Waals surface area (Å²) >= 11 is 0. The molecule has 1 aliphatic carbocycles. The first-order chi connectivity index (χ1) is 16.0. The first-order valence-corrected chi connectivity index (χ1v) is 12.2. The predicted molar refractivity (Wildman–Crippen MR) is 124 cm³/mol. The normalized spacial score (nSPS) is 25.7. The van der Waals surface area contributed by atoms with Gasteiger partial charge in [-0.1, -0.05) is 19.3 Å². The maximum atomic E-state index is 13.3. The lowest BCUT2D eigenvalue weighted by Crippen LogP contribution is -2.54. The number of carbonyl (C=O) groups is 3. The molecule has 2 heterocycles. The van der Waals surface area contributed by atoms with Crippen molar-refractivity contribution in [2.75, 3.05) is 25.5 Å². The fraction of sp³-hybridized carbons (Fsp3) is 0.640. The van der Waals surface area contributed by atoms with E-state index in [9.17, 15) is 14.4 Å². The summed E-state index contributed by atoms with van der Waals surface area (Å²) in [5.41, 5.74) is 1.07. The highest BCUT2D eigenvalue weighted by molar-refractivity contribution is 6.00. The van der Waals surface area contributed by atoms with Gasteiger partial charge >= 0.3 is 0 Å². The number of amides is 3. The zero-order valence-corrected chi connectivity index (χ0v) is 19.6. The molecule has 1 saturated carbocycles. The van der Waals surface area contributed by atoms with Crippen molar-refractivity contribution in [1.29, 1.82) is 0 Å². The Hall–Kier alpha value is -2.61. The second-order valence-corrected chi connectivity index (χ2v) is 9.36. The molecule has 0 aromatic heterocycles. The van der Waals surface area contributed by atoms with E-state index in [1.165, 1.54) is 6.42 Å². The van der Waals surface area contributed by atoms with E-state index < -0.39 is 0 Å². The second kappa shape index (κ2) is 10.5. The van der Waals surface area contributed by atoms with Crippen molar-refractivity contribution in [2.24, 2.45) is 5.92 Å². The molecule has 2 fully saturated rings. The number of hydrogen-bond acceptors (Lipinski definition) is 5. The fourth-order valence-corrected chi connectivity index (χ4v) is 5.19. The van der Waals surface area contributed by atoms with Crippen molar-refractivity contribution < 1.29 is 23.9 Å². The van der Waals surface area contributed by atoms with Gasteiger partial charge in [0.15, 0.2) is 0 Å². The highest BCUT2D eigenvalue weighted by Crippen LogP contribution is 2.33. The van der Waals surface area contributed by atoms with E-state index in [4.69, 9.17) is 9.47 Å². The highest BCUT2D eigenvalue weighted by Gasteiger charge is 2.39. The molecule has 2 N–H and O–H groups in total. The molecule has 0 bridgehead atoms. The summed E-state index contributed by atoms with van der Waals surface area (Å²) in [5, 5.41) is 5.81. The summed E-state index contributed by atoms with van der Waals surface area (Å²) in [5.74, 6) is 0.379. The van der Waals surface area contributed by atoms with Gasteiger partial charge in [0.2, 0.25) is 11.8 Å². The molecule has 33 heavy (non-hydrogen) atoms. The Morgan fingerprint density at radius 3 is 2.67 bits per heavy atom. The van der Waals surface area contributed by atoms with Gasteiger partial charge in [0, 0.05) is 25.2 Å². The molecule has 3 amide bonds. The van der Waals surface area contributed by atoms with Crippen LogP contribution < -0.4 is 15.4 Å². The first-order valence-electron chi connectivity index (χ1n) is 12.2. The van der Waals surface area contributed by atoms with Crippen molar-refractivity contribution in [1.82, 2.24) is 10.2 Å². The van der Waals surface area contributed by atoms with Crippen molar-refractivity contribution >= 4 is 23.4 Å². The number of fused-ring (bicyclic) bond motifs is 2. The molecule has 1 aromatic carbocycles. The van der Waals surface area contributed by atoms with Crippen LogP contribution in [0, 0.1) is 5.92 Å². The van der Waals surface area contributed by atoms with Crippen molar-refractivity contribution in [2.45, 2.75) is 76.5 Å². The van der Waals surface area contributed by atoms with Gasteiger partial charge in [-0.3, -0.25) is 14.4 Å². The summed E-state index contributed by atoms with van der Waals surface area (Å²) in [6, 6.07) is 5.12. The SMILES string of the molecule is CCNC(=O)C[C@H]1CC[C@H]2[C@@H](COc3ccc(NC(=O)C4CCCCC4)cc3C(=O)N2C)O1. The van der Waals surface area contributed by atoms with Crippen LogP contribution in [0.3, 0.4) is 0 Å². The lowest BCUT2D eigenvalue weighted by molar-refractivity contribution is -0.134. The number of anilines is 1. The van der Waals surface area contributed by atoms with E-state index in [1.54, 1.807) is 30.1 Å². The zero-order chi connectivity index (χ0) is 23.4. The highest BCUT2D eigenvalue weighted by atomic mass is 16.5. The van der Waals surface area contributed by atoms with Crippen LogP contribution >= 0.6 is 0 Å². The molecule has 0 spiro atoms.